The van der Waals surface area contributed by atoms with Crippen molar-refractivity contribution >= 4 is 11.8 Å². The topological polar surface area (TPSA) is 67.2 Å². The Morgan fingerprint density at radius 3 is 2.90 bits per heavy atom. The molecule has 6 nitrogen and oxygen atoms in total. The highest BCUT2D eigenvalue weighted by Crippen LogP contribution is 2.31. The van der Waals surface area contributed by atoms with Crippen LogP contribution in [-0.2, 0) is 16.1 Å². The van der Waals surface area contributed by atoms with Crippen molar-refractivity contribution in [3.05, 3.63) is 18.0 Å². The van der Waals surface area contributed by atoms with Gasteiger partial charge in [-0.15, -0.1) is 0 Å². The van der Waals surface area contributed by atoms with E-state index in [4.69, 9.17) is 0 Å². The Labute approximate surface area is 124 Å². The lowest BCUT2D eigenvalue weighted by Crippen LogP contribution is -2.47. The molecule has 1 saturated carbocycles. The monoisotopic (exact) mass is 290 g/mol. The van der Waals surface area contributed by atoms with Crippen molar-refractivity contribution < 1.29 is 9.59 Å². The fraction of sp³-hybridized carbons (Fsp3) is 0.667. The molecule has 0 radical (unpaired) electrons. The average molecular weight is 290 g/mol. The summed E-state index contributed by atoms with van der Waals surface area (Å²) >= 11 is 0. The van der Waals surface area contributed by atoms with Crippen LogP contribution < -0.4 is 5.32 Å². The molecule has 2 heterocycles. The Morgan fingerprint density at radius 1 is 1.43 bits per heavy atom. The molecule has 1 saturated heterocycles. The summed E-state index contributed by atoms with van der Waals surface area (Å²) in [4.78, 5) is 25.9. The lowest BCUT2D eigenvalue weighted by atomic mass is 9.96. The highest BCUT2D eigenvalue weighted by molar-refractivity contribution is 5.84. The van der Waals surface area contributed by atoms with Crippen LogP contribution in [0.15, 0.2) is 12.4 Å². The van der Waals surface area contributed by atoms with Crippen LogP contribution in [0.5, 0.6) is 0 Å². The zero-order valence-electron chi connectivity index (χ0n) is 12.4. The van der Waals surface area contributed by atoms with Gasteiger partial charge in [-0.3, -0.25) is 14.3 Å². The molecule has 1 aromatic rings. The lowest BCUT2D eigenvalue weighted by molar-refractivity contribution is -0.138. The Morgan fingerprint density at radius 2 is 2.24 bits per heavy atom. The highest BCUT2D eigenvalue weighted by Gasteiger charge is 2.38. The van der Waals surface area contributed by atoms with Crippen LogP contribution in [0, 0.1) is 12.8 Å². The minimum atomic E-state index is -0.0531. The predicted molar refractivity (Wildman–Crippen MR) is 77.4 cm³/mol. The standard InChI is InChI=1S/C15H22N4O2/c1-11-8-17-18(9-11)7-6-16-15(21)12-2-5-14(20)19(10-12)13-3-4-13/h8-9,12-13H,2-7,10H2,1H3,(H,16,21)/t12-/m0/s1. The van der Waals surface area contributed by atoms with Crippen LogP contribution in [0.1, 0.15) is 31.2 Å². The Hall–Kier alpha value is -1.85. The maximum absolute atomic E-state index is 12.2. The van der Waals surface area contributed by atoms with Crippen molar-refractivity contribution in [3.63, 3.8) is 0 Å². The smallest absolute Gasteiger partial charge is 0.224 e. The van der Waals surface area contributed by atoms with Crippen LogP contribution in [0.3, 0.4) is 0 Å². The van der Waals surface area contributed by atoms with E-state index in [1.54, 1.807) is 0 Å². The molecule has 1 aromatic heterocycles. The molecule has 21 heavy (non-hydrogen) atoms. The van der Waals surface area contributed by atoms with E-state index in [0.717, 1.165) is 18.4 Å². The first-order valence-corrected chi connectivity index (χ1v) is 7.70. The second kappa shape index (κ2) is 5.87. The molecule has 3 rings (SSSR count). The van der Waals surface area contributed by atoms with Gasteiger partial charge in [-0.1, -0.05) is 0 Å². The predicted octanol–water partition coefficient (Wildman–Crippen LogP) is 0.709. The molecular formula is C15H22N4O2. The van der Waals surface area contributed by atoms with Gasteiger partial charge in [0.25, 0.3) is 0 Å². The van der Waals surface area contributed by atoms with Crippen LogP contribution in [0.2, 0.25) is 0 Å². The Balaban J connectivity index is 1.45. The number of aryl methyl sites for hydroxylation is 1. The van der Waals surface area contributed by atoms with Gasteiger partial charge in [-0.2, -0.15) is 5.10 Å². The van der Waals surface area contributed by atoms with Crippen LogP contribution in [-0.4, -0.2) is 45.6 Å². The largest absolute Gasteiger partial charge is 0.354 e. The van der Waals surface area contributed by atoms with E-state index in [0.29, 0.717) is 38.5 Å². The van der Waals surface area contributed by atoms with Gasteiger partial charge < -0.3 is 10.2 Å². The summed E-state index contributed by atoms with van der Waals surface area (Å²) in [5.74, 6) is 0.230. The molecule has 2 amide bonds. The number of nitrogens with zero attached hydrogens (tertiary/aromatic N) is 3. The van der Waals surface area contributed by atoms with Crippen LogP contribution in [0.4, 0.5) is 0 Å². The molecule has 0 aromatic carbocycles. The van der Waals surface area contributed by atoms with Gasteiger partial charge in [0.2, 0.25) is 11.8 Å². The first-order valence-electron chi connectivity index (χ1n) is 7.70. The van der Waals surface area contributed by atoms with Gasteiger partial charge in [0.05, 0.1) is 18.7 Å². The van der Waals surface area contributed by atoms with Crippen LogP contribution in [0.25, 0.3) is 0 Å². The molecule has 0 spiro atoms. The van der Waals surface area contributed by atoms with Crippen molar-refractivity contribution in [2.45, 2.75) is 45.2 Å². The number of hydrogen-bond acceptors (Lipinski definition) is 3. The molecule has 1 atom stereocenters. The minimum absolute atomic E-state index is 0.0531. The van der Waals surface area contributed by atoms with Crippen molar-refractivity contribution in [1.82, 2.24) is 20.0 Å². The number of nitrogens with one attached hydrogen (secondary N) is 1. The van der Waals surface area contributed by atoms with E-state index < -0.39 is 0 Å². The molecular weight excluding hydrogens is 268 g/mol. The van der Waals surface area contributed by atoms with Crippen molar-refractivity contribution in [2.75, 3.05) is 13.1 Å². The molecule has 1 N–H and O–H groups in total. The van der Waals surface area contributed by atoms with E-state index in [9.17, 15) is 9.59 Å². The molecule has 2 fully saturated rings. The minimum Gasteiger partial charge on any atom is -0.354 e. The lowest BCUT2D eigenvalue weighted by Gasteiger charge is -2.32. The van der Waals surface area contributed by atoms with Gasteiger partial charge >= 0.3 is 0 Å². The maximum Gasteiger partial charge on any atom is 0.224 e. The van der Waals surface area contributed by atoms with Gasteiger partial charge in [0.1, 0.15) is 0 Å². The number of aromatic nitrogens is 2. The molecule has 1 aliphatic carbocycles. The first-order chi connectivity index (χ1) is 10.1. The zero-order valence-corrected chi connectivity index (χ0v) is 12.4. The number of carbonyl (C=O) groups excluding carboxylic acids is 2. The Kier molecular flexibility index (Phi) is 3.94. The van der Waals surface area contributed by atoms with E-state index in [2.05, 4.69) is 10.4 Å². The number of amides is 2. The van der Waals surface area contributed by atoms with Gasteiger partial charge in [-0.05, 0) is 31.7 Å². The molecule has 1 aliphatic heterocycles. The number of rotatable bonds is 5. The third-order valence-corrected chi connectivity index (χ3v) is 4.21. The summed E-state index contributed by atoms with van der Waals surface area (Å²) < 4.78 is 1.83. The second-order valence-corrected chi connectivity index (χ2v) is 6.08. The van der Waals surface area contributed by atoms with E-state index in [1.807, 2.05) is 28.9 Å². The number of hydrogen-bond donors (Lipinski definition) is 1. The quantitative estimate of drug-likeness (QED) is 0.868. The van der Waals surface area contributed by atoms with E-state index in [1.165, 1.54) is 0 Å². The molecule has 2 aliphatic rings. The van der Waals surface area contributed by atoms with Gasteiger partial charge in [0, 0.05) is 31.7 Å². The summed E-state index contributed by atoms with van der Waals surface area (Å²) in [6, 6.07) is 0.403. The Bertz CT molecular complexity index is 536. The number of likely N-dealkylation sites (tertiary alicyclic amines) is 1. The summed E-state index contributed by atoms with van der Waals surface area (Å²) in [7, 11) is 0. The molecule has 114 valence electrons. The number of carbonyl (C=O) groups is 2. The third-order valence-electron chi connectivity index (χ3n) is 4.21. The summed E-state index contributed by atoms with van der Waals surface area (Å²) in [5, 5.41) is 7.16. The first kappa shape index (κ1) is 14.1. The highest BCUT2D eigenvalue weighted by atomic mass is 16.2. The summed E-state index contributed by atoms with van der Waals surface area (Å²) in [6.07, 6.45) is 7.14. The SMILES string of the molecule is Cc1cnn(CCNC(=O)[C@H]2CCC(=O)N(C3CC3)C2)c1. The van der Waals surface area contributed by atoms with E-state index in [-0.39, 0.29) is 17.7 Å². The molecule has 6 heteroatoms. The normalized spacial score (nSPS) is 22.4. The van der Waals surface area contributed by atoms with Crippen molar-refractivity contribution in [2.24, 2.45) is 5.92 Å². The fourth-order valence-corrected chi connectivity index (χ4v) is 2.85. The van der Waals surface area contributed by atoms with Crippen molar-refractivity contribution in [1.29, 1.82) is 0 Å². The zero-order chi connectivity index (χ0) is 14.8. The number of piperidine rings is 1. The third kappa shape index (κ3) is 3.43. The average Bonchev–Trinajstić information content (AvgIpc) is 3.22. The molecule has 0 bridgehead atoms. The van der Waals surface area contributed by atoms with Gasteiger partial charge in [0.15, 0.2) is 0 Å². The summed E-state index contributed by atoms with van der Waals surface area (Å²) in [6.45, 7) is 3.84. The van der Waals surface area contributed by atoms with Crippen LogP contribution >= 0.6 is 0 Å². The maximum atomic E-state index is 12.2. The van der Waals surface area contributed by atoms with Crippen molar-refractivity contribution in [3.8, 4) is 0 Å². The van der Waals surface area contributed by atoms with Gasteiger partial charge in [-0.25, -0.2) is 0 Å². The second-order valence-electron chi connectivity index (χ2n) is 6.08. The summed E-state index contributed by atoms with van der Waals surface area (Å²) in [5.41, 5.74) is 1.12. The fourth-order valence-electron chi connectivity index (χ4n) is 2.85. The molecule has 0 unspecified atom stereocenters. The van der Waals surface area contributed by atoms with E-state index >= 15 is 0 Å².